The zero-order valence-corrected chi connectivity index (χ0v) is 15.6. The predicted molar refractivity (Wildman–Crippen MR) is 100 cm³/mol. The SMILES string of the molecule is CC(C(=O)Nc1cnn(Cc2ccc(Cl)c(Cl)c2)c1)n1nccc1C(=O)O. The first-order valence-electron chi connectivity index (χ1n) is 7.89. The maximum atomic E-state index is 12.4. The van der Waals surface area contributed by atoms with Crippen LogP contribution in [0.5, 0.6) is 0 Å². The first-order valence-corrected chi connectivity index (χ1v) is 8.65. The molecule has 0 bridgehead atoms. The van der Waals surface area contributed by atoms with Gasteiger partial charge in [0.25, 0.3) is 0 Å². The number of carbonyl (C=O) groups is 2. The van der Waals surface area contributed by atoms with Gasteiger partial charge < -0.3 is 10.4 Å². The third-order valence-electron chi connectivity index (χ3n) is 3.87. The molecule has 0 aliphatic heterocycles. The van der Waals surface area contributed by atoms with E-state index in [0.29, 0.717) is 22.3 Å². The number of anilines is 1. The number of halogens is 2. The topological polar surface area (TPSA) is 102 Å². The number of hydrogen-bond acceptors (Lipinski definition) is 4. The molecule has 2 heterocycles. The smallest absolute Gasteiger partial charge is 0.354 e. The van der Waals surface area contributed by atoms with Gasteiger partial charge in [-0.15, -0.1) is 0 Å². The second-order valence-corrected chi connectivity index (χ2v) is 6.62. The monoisotopic (exact) mass is 407 g/mol. The molecule has 0 saturated heterocycles. The Kier molecular flexibility index (Phi) is 5.48. The van der Waals surface area contributed by atoms with Crippen molar-refractivity contribution >= 4 is 40.8 Å². The summed E-state index contributed by atoms with van der Waals surface area (Å²) in [5.74, 6) is -1.56. The van der Waals surface area contributed by atoms with Crippen molar-refractivity contribution in [3.05, 3.63) is 64.2 Å². The summed E-state index contributed by atoms with van der Waals surface area (Å²) < 4.78 is 2.79. The van der Waals surface area contributed by atoms with E-state index >= 15 is 0 Å². The Hall–Kier alpha value is -2.84. The van der Waals surface area contributed by atoms with Gasteiger partial charge in [0, 0.05) is 12.4 Å². The summed E-state index contributed by atoms with van der Waals surface area (Å²) >= 11 is 11.9. The minimum Gasteiger partial charge on any atom is -0.477 e. The number of aromatic carboxylic acids is 1. The Labute approximate surface area is 164 Å². The Bertz CT molecular complexity index is 998. The zero-order valence-electron chi connectivity index (χ0n) is 14.1. The van der Waals surface area contributed by atoms with Gasteiger partial charge in [-0.1, -0.05) is 29.3 Å². The molecule has 27 heavy (non-hydrogen) atoms. The normalized spacial score (nSPS) is 12.0. The van der Waals surface area contributed by atoms with Crippen LogP contribution in [0.2, 0.25) is 10.0 Å². The van der Waals surface area contributed by atoms with Gasteiger partial charge in [0.15, 0.2) is 0 Å². The molecule has 2 N–H and O–H groups in total. The fourth-order valence-electron chi connectivity index (χ4n) is 2.49. The van der Waals surface area contributed by atoms with Crippen LogP contribution in [-0.4, -0.2) is 36.5 Å². The molecule has 0 saturated carbocycles. The van der Waals surface area contributed by atoms with Gasteiger partial charge in [-0.25, -0.2) is 9.48 Å². The van der Waals surface area contributed by atoms with E-state index in [1.807, 2.05) is 6.07 Å². The Morgan fingerprint density at radius 2 is 2.00 bits per heavy atom. The molecule has 3 rings (SSSR count). The van der Waals surface area contributed by atoms with Gasteiger partial charge in [-0.3, -0.25) is 9.48 Å². The van der Waals surface area contributed by atoms with Crippen LogP contribution in [0.25, 0.3) is 0 Å². The van der Waals surface area contributed by atoms with E-state index in [4.69, 9.17) is 28.3 Å². The summed E-state index contributed by atoms with van der Waals surface area (Å²) in [6, 6.07) is 5.82. The lowest BCUT2D eigenvalue weighted by Crippen LogP contribution is -2.26. The molecule has 3 aromatic rings. The maximum absolute atomic E-state index is 12.4. The average Bonchev–Trinajstić information content (AvgIpc) is 3.27. The quantitative estimate of drug-likeness (QED) is 0.652. The molecule has 0 radical (unpaired) electrons. The van der Waals surface area contributed by atoms with Crippen molar-refractivity contribution in [2.24, 2.45) is 0 Å². The summed E-state index contributed by atoms with van der Waals surface area (Å²) in [6.45, 7) is 2.01. The molecule has 1 unspecified atom stereocenters. The van der Waals surface area contributed by atoms with E-state index in [1.54, 1.807) is 29.9 Å². The molecule has 0 spiro atoms. The number of carboxylic acids is 1. The average molecular weight is 408 g/mol. The molecule has 10 heteroatoms. The Morgan fingerprint density at radius 1 is 1.22 bits per heavy atom. The minimum atomic E-state index is -1.15. The highest BCUT2D eigenvalue weighted by Crippen LogP contribution is 2.23. The summed E-state index contributed by atoms with van der Waals surface area (Å²) in [4.78, 5) is 23.6. The second kappa shape index (κ2) is 7.81. The van der Waals surface area contributed by atoms with E-state index in [0.717, 1.165) is 10.2 Å². The summed E-state index contributed by atoms with van der Waals surface area (Å²) in [6.07, 6.45) is 4.50. The van der Waals surface area contributed by atoms with Crippen molar-refractivity contribution in [1.82, 2.24) is 19.6 Å². The maximum Gasteiger partial charge on any atom is 0.354 e. The first kappa shape index (κ1) is 18.9. The molecule has 140 valence electrons. The highest BCUT2D eigenvalue weighted by atomic mass is 35.5. The fourth-order valence-corrected chi connectivity index (χ4v) is 2.81. The van der Waals surface area contributed by atoms with Crippen molar-refractivity contribution in [1.29, 1.82) is 0 Å². The third-order valence-corrected chi connectivity index (χ3v) is 4.60. The largest absolute Gasteiger partial charge is 0.477 e. The van der Waals surface area contributed by atoms with Gasteiger partial charge in [0.2, 0.25) is 5.91 Å². The van der Waals surface area contributed by atoms with E-state index < -0.39 is 17.9 Å². The Morgan fingerprint density at radius 3 is 2.70 bits per heavy atom. The standard InChI is InChI=1S/C17H15Cl2N5O3/c1-10(24-15(17(26)27)4-5-20-24)16(25)22-12-7-21-23(9-12)8-11-2-3-13(18)14(19)6-11/h2-7,9-10H,8H2,1H3,(H,22,25)(H,26,27). The van der Waals surface area contributed by atoms with Gasteiger partial charge in [0.05, 0.1) is 28.5 Å². The van der Waals surface area contributed by atoms with Gasteiger partial charge in [-0.05, 0) is 30.7 Å². The van der Waals surface area contributed by atoms with Crippen LogP contribution in [0.15, 0.2) is 42.9 Å². The first-order chi connectivity index (χ1) is 12.8. The fraction of sp³-hybridized carbons (Fsp3) is 0.176. The number of carbonyl (C=O) groups excluding carboxylic acids is 1. The molecule has 0 fully saturated rings. The van der Waals surface area contributed by atoms with Crippen LogP contribution in [-0.2, 0) is 11.3 Å². The van der Waals surface area contributed by atoms with Crippen LogP contribution >= 0.6 is 23.2 Å². The van der Waals surface area contributed by atoms with Crippen molar-refractivity contribution < 1.29 is 14.7 Å². The molecular weight excluding hydrogens is 393 g/mol. The molecule has 1 amide bonds. The van der Waals surface area contributed by atoms with Crippen LogP contribution < -0.4 is 5.32 Å². The van der Waals surface area contributed by atoms with Crippen LogP contribution in [0.1, 0.15) is 29.0 Å². The van der Waals surface area contributed by atoms with Crippen LogP contribution in [0, 0.1) is 0 Å². The number of rotatable bonds is 6. The van der Waals surface area contributed by atoms with Crippen molar-refractivity contribution in [2.75, 3.05) is 5.32 Å². The third kappa shape index (κ3) is 4.29. The van der Waals surface area contributed by atoms with Gasteiger partial charge in [-0.2, -0.15) is 10.2 Å². The summed E-state index contributed by atoms with van der Waals surface area (Å²) in [5.41, 5.74) is 1.32. The van der Waals surface area contributed by atoms with Crippen molar-refractivity contribution in [2.45, 2.75) is 19.5 Å². The van der Waals surface area contributed by atoms with Crippen molar-refractivity contribution in [3.8, 4) is 0 Å². The zero-order chi connectivity index (χ0) is 19.6. The minimum absolute atomic E-state index is 0.0621. The van der Waals surface area contributed by atoms with E-state index in [9.17, 15) is 9.59 Å². The van der Waals surface area contributed by atoms with Gasteiger partial charge in [0.1, 0.15) is 11.7 Å². The van der Waals surface area contributed by atoms with Gasteiger partial charge >= 0.3 is 5.97 Å². The molecular formula is C17H15Cl2N5O3. The summed E-state index contributed by atoms with van der Waals surface area (Å²) in [5, 5.41) is 20.9. The number of nitrogens with zero attached hydrogens (tertiary/aromatic N) is 4. The second-order valence-electron chi connectivity index (χ2n) is 5.81. The number of amides is 1. The summed E-state index contributed by atoms with van der Waals surface area (Å²) in [7, 11) is 0. The molecule has 1 aromatic carbocycles. The Balaban J connectivity index is 1.67. The lowest BCUT2D eigenvalue weighted by atomic mass is 10.2. The number of aromatic nitrogens is 4. The molecule has 8 nitrogen and oxygen atoms in total. The number of carboxylic acid groups (broad SMARTS) is 1. The number of benzene rings is 1. The van der Waals surface area contributed by atoms with E-state index in [2.05, 4.69) is 15.5 Å². The van der Waals surface area contributed by atoms with Crippen molar-refractivity contribution in [3.63, 3.8) is 0 Å². The van der Waals surface area contributed by atoms with E-state index in [-0.39, 0.29) is 5.69 Å². The molecule has 2 aromatic heterocycles. The predicted octanol–water partition coefficient (Wildman–Crippen LogP) is 3.33. The highest BCUT2D eigenvalue weighted by Gasteiger charge is 2.21. The molecule has 1 atom stereocenters. The molecule has 0 aliphatic rings. The van der Waals surface area contributed by atoms with Crippen LogP contribution in [0.4, 0.5) is 5.69 Å². The number of hydrogen-bond donors (Lipinski definition) is 2. The highest BCUT2D eigenvalue weighted by molar-refractivity contribution is 6.42. The van der Waals surface area contributed by atoms with E-state index in [1.165, 1.54) is 18.5 Å². The number of nitrogens with one attached hydrogen (secondary N) is 1. The lowest BCUT2D eigenvalue weighted by molar-refractivity contribution is -0.119. The van der Waals surface area contributed by atoms with Crippen LogP contribution in [0.3, 0.4) is 0 Å². The molecule has 0 aliphatic carbocycles. The lowest BCUT2D eigenvalue weighted by Gasteiger charge is -2.13.